The fourth-order valence-electron chi connectivity index (χ4n) is 3.16. The molecule has 4 N–H and O–H groups in total. The third kappa shape index (κ3) is 3.46. The molecule has 128 valence electrons. The van der Waals surface area contributed by atoms with Crippen molar-refractivity contribution < 1.29 is 0 Å². The lowest BCUT2D eigenvalue weighted by atomic mass is 10.0. The molecule has 2 aromatic rings. The van der Waals surface area contributed by atoms with E-state index in [9.17, 15) is 0 Å². The zero-order valence-corrected chi connectivity index (χ0v) is 14.7. The van der Waals surface area contributed by atoms with Crippen molar-refractivity contribution in [1.29, 1.82) is 0 Å². The number of benzene rings is 1. The second-order valence-electron chi connectivity index (χ2n) is 6.22. The van der Waals surface area contributed by atoms with Crippen LogP contribution in [0.5, 0.6) is 0 Å². The molecule has 5 nitrogen and oxygen atoms in total. The third-order valence-electron chi connectivity index (χ3n) is 4.36. The Bertz CT molecular complexity index is 758. The molecule has 2 heterocycles. The van der Waals surface area contributed by atoms with Gasteiger partial charge in [-0.05, 0) is 49.0 Å². The number of rotatable bonds is 6. The molecule has 0 amide bonds. The number of nitrogens with zero attached hydrogens (tertiary/aromatic N) is 1. The topological polar surface area (TPSA) is 64.2 Å². The zero-order chi connectivity index (χ0) is 17.0. The Morgan fingerprint density at radius 3 is 2.79 bits per heavy atom. The number of nitrogens with one attached hydrogen (secondary N) is 4. The zero-order valence-electron chi connectivity index (χ0n) is 14.7. The molecule has 0 fully saturated rings. The van der Waals surface area contributed by atoms with Crippen LogP contribution in [-0.4, -0.2) is 23.2 Å². The molecule has 0 radical (unpaired) electrons. The molecule has 1 aromatic carbocycles. The summed E-state index contributed by atoms with van der Waals surface area (Å²) in [4.78, 5) is 8.16. The number of aliphatic imine (C=N–C) groups is 1. The van der Waals surface area contributed by atoms with Gasteiger partial charge < -0.3 is 15.6 Å². The number of anilines is 1. The maximum absolute atomic E-state index is 4.91. The minimum Gasteiger partial charge on any atom is -0.361 e. The lowest BCUT2D eigenvalue weighted by Gasteiger charge is -2.33. The fourth-order valence-corrected chi connectivity index (χ4v) is 3.16. The van der Waals surface area contributed by atoms with E-state index in [4.69, 9.17) is 4.99 Å². The van der Waals surface area contributed by atoms with Crippen LogP contribution < -0.4 is 16.0 Å². The van der Waals surface area contributed by atoms with Gasteiger partial charge in [0.25, 0.3) is 0 Å². The Hall–Kier alpha value is -2.27. The first-order valence-corrected chi connectivity index (χ1v) is 8.86. The Morgan fingerprint density at radius 2 is 2.04 bits per heavy atom. The monoisotopic (exact) mass is 325 g/mol. The number of allylic oxidation sites excluding steroid dienone is 1. The highest BCUT2D eigenvalue weighted by molar-refractivity contribution is 5.97. The minimum absolute atomic E-state index is 0.330. The van der Waals surface area contributed by atoms with E-state index in [-0.39, 0.29) is 5.66 Å². The van der Waals surface area contributed by atoms with Crippen molar-refractivity contribution in [3.8, 4) is 0 Å². The molecule has 1 aliphatic rings. The lowest BCUT2D eigenvalue weighted by Crippen LogP contribution is -2.48. The number of H-pyrrole nitrogens is 1. The molecular weight excluding hydrogens is 298 g/mol. The first-order chi connectivity index (χ1) is 11.7. The van der Waals surface area contributed by atoms with E-state index in [0.29, 0.717) is 0 Å². The van der Waals surface area contributed by atoms with Crippen molar-refractivity contribution in [3.63, 3.8) is 0 Å². The molecule has 0 saturated carbocycles. The Balaban J connectivity index is 1.87. The second kappa shape index (κ2) is 7.09. The number of guanidine groups is 1. The van der Waals surface area contributed by atoms with Gasteiger partial charge in [-0.25, -0.2) is 4.99 Å². The summed E-state index contributed by atoms with van der Waals surface area (Å²) in [6, 6.07) is 8.37. The molecule has 0 aliphatic carbocycles. The van der Waals surface area contributed by atoms with Crippen molar-refractivity contribution in [1.82, 2.24) is 15.6 Å². The number of hydrogen-bond donors (Lipinski definition) is 4. The summed E-state index contributed by atoms with van der Waals surface area (Å²) in [5, 5.41) is 11.6. The predicted octanol–water partition coefficient (Wildman–Crippen LogP) is 3.94. The van der Waals surface area contributed by atoms with Gasteiger partial charge in [0, 0.05) is 23.1 Å². The quantitative estimate of drug-likeness (QED) is 0.650. The summed E-state index contributed by atoms with van der Waals surface area (Å²) in [5.74, 6) is 0.801. The van der Waals surface area contributed by atoms with Crippen LogP contribution >= 0.6 is 0 Å². The van der Waals surface area contributed by atoms with Crippen LogP contribution in [0.4, 0.5) is 5.69 Å². The van der Waals surface area contributed by atoms with Gasteiger partial charge in [-0.3, -0.25) is 5.32 Å². The van der Waals surface area contributed by atoms with E-state index < -0.39 is 0 Å². The third-order valence-corrected chi connectivity index (χ3v) is 4.36. The van der Waals surface area contributed by atoms with E-state index in [1.807, 2.05) is 6.20 Å². The molecule has 1 aliphatic heterocycles. The molecule has 0 bridgehead atoms. The van der Waals surface area contributed by atoms with Crippen LogP contribution in [0.2, 0.25) is 0 Å². The van der Waals surface area contributed by atoms with Gasteiger partial charge in [0.1, 0.15) is 5.66 Å². The standard InChI is InChI=1S/C19H27N5/c1-4-7-16-13-19(5-2,21-6-3)24-18(23-16)22-15-9-8-14-10-11-20-17(14)12-15/h8-13,20-21H,4-7H2,1-3H3,(H2,22,23,24). The van der Waals surface area contributed by atoms with Crippen LogP contribution in [0.25, 0.3) is 10.9 Å². The number of hydrogen-bond acceptors (Lipinski definition) is 4. The highest BCUT2D eigenvalue weighted by atomic mass is 15.3. The number of aromatic amines is 1. The molecule has 24 heavy (non-hydrogen) atoms. The van der Waals surface area contributed by atoms with Crippen molar-refractivity contribution in [2.45, 2.75) is 45.7 Å². The van der Waals surface area contributed by atoms with E-state index in [0.717, 1.165) is 43.0 Å². The molecule has 0 spiro atoms. The molecule has 3 rings (SSSR count). The first-order valence-electron chi connectivity index (χ1n) is 8.86. The highest BCUT2D eigenvalue weighted by Gasteiger charge is 2.28. The Morgan fingerprint density at radius 1 is 1.17 bits per heavy atom. The highest BCUT2D eigenvalue weighted by Crippen LogP contribution is 2.23. The van der Waals surface area contributed by atoms with Gasteiger partial charge in [0.2, 0.25) is 5.96 Å². The van der Waals surface area contributed by atoms with Crippen molar-refractivity contribution in [2.24, 2.45) is 4.99 Å². The largest absolute Gasteiger partial charge is 0.361 e. The predicted molar refractivity (Wildman–Crippen MR) is 102 cm³/mol. The van der Waals surface area contributed by atoms with Crippen LogP contribution in [0.15, 0.2) is 47.2 Å². The van der Waals surface area contributed by atoms with Gasteiger partial charge in [-0.2, -0.15) is 0 Å². The van der Waals surface area contributed by atoms with E-state index >= 15 is 0 Å². The normalized spacial score (nSPS) is 20.5. The van der Waals surface area contributed by atoms with Gasteiger partial charge in [0.15, 0.2) is 0 Å². The van der Waals surface area contributed by atoms with Gasteiger partial charge in [-0.15, -0.1) is 0 Å². The van der Waals surface area contributed by atoms with Crippen molar-refractivity contribution in [2.75, 3.05) is 11.9 Å². The number of aromatic nitrogens is 1. The summed E-state index contributed by atoms with van der Waals surface area (Å²) in [6.45, 7) is 7.37. The van der Waals surface area contributed by atoms with Crippen molar-refractivity contribution >= 4 is 22.5 Å². The smallest absolute Gasteiger partial charge is 0.202 e. The summed E-state index contributed by atoms with van der Waals surface area (Å²) in [6.07, 6.45) is 7.23. The molecule has 1 aromatic heterocycles. The second-order valence-corrected chi connectivity index (χ2v) is 6.22. The maximum Gasteiger partial charge on any atom is 0.202 e. The molecular formula is C19H27N5. The SMILES string of the molecule is CCCC1=CC(CC)(NCC)N=C(Nc2ccc3cc[nH]c3c2)N1. The minimum atomic E-state index is -0.330. The average molecular weight is 325 g/mol. The average Bonchev–Trinajstić information content (AvgIpc) is 3.03. The number of fused-ring (bicyclic) bond motifs is 1. The lowest BCUT2D eigenvalue weighted by molar-refractivity contribution is 0.405. The Labute approximate surface area is 143 Å². The summed E-state index contributed by atoms with van der Waals surface area (Å²) >= 11 is 0. The van der Waals surface area contributed by atoms with Crippen LogP contribution in [0.3, 0.4) is 0 Å². The van der Waals surface area contributed by atoms with Crippen LogP contribution in [0.1, 0.15) is 40.0 Å². The first kappa shape index (κ1) is 16.6. The summed E-state index contributed by atoms with van der Waals surface area (Å²) in [7, 11) is 0. The Kier molecular flexibility index (Phi) is 4.90. The fraction of sp³-hybridized carbons (Fsp3) is 0.421. The molecule has 5 heteroatoms. The van der Waals surface area contributed by atoms with E-state index in [1.165, 1.54) is 11.1 Å². The molecule has 1 unspecified atom stereocenters. The van der Waals surface area contributed by atoms with Gasteiger partial charge in [-0.1, -0.05) is 33.3 Å². The number of likely N-dealkylation sites (N-methyl/N-ethyl adjacent to an activating group) is 1. The maximum atomic E-state index is 4.91. The van der Waals surface area contributed by atoms with Crippen LogP contribution in [0, 0.1) is 0 Å². The molecule has 1 atom stereocenters. The summed E-state index contributed by atoms with van der Waals surface area (Å²) < 4.78 is 0. The van der Waals surface area contributed by atoms with Crippen molar-refractivity contribution in [3.05, 3.63) is 42.2 Å². The van der Waals surface area contributed by atoms with Gasteiger partial charge in [0.05, 0.1) is 0 Å². The summed E-state index contributed by atoms with van der Waals surface area (Å²) in [5.41, 5.74) is 3.03. The van der Waals surface area contributed by atoms with E-state index in [2.05, 4.69) is 72.0 Å². The molecule has 0 saturated heterocycles. The van der Waals surface area contributed by atoms with Crippen LogP contribution in [-0.2, 0) is 0 Å². The van der Waals surface area contributed by atoms with E-state index in [1.54, 1.807) is 0 Å². The van der Waals surface area contributed by atoms with Gasteiger partial charge >= 0.3 is 0 Å².